The van der Waals surface area contributed by atoms with Crippen molar-refractivity contribution in [2.24, 2.45) is 5.92 Å². The van der Waals surface area contributed by atoms with E-state index in [2.05, 4.69) is 58.1 Å². The van der Waals surface area contributed by atoms with E-state index in [9.17, 15) is 0 Å². The van der Waals surface area contributed by atoms with Crippen LogP contribution in [0.15, 0.2) is 18.2 Å². The molecule has 0 amide bonds. The van der Waals surface area contributed by atoms with Crippen LogP contribution in [0.5, 0.6) is 5.75 Å². The van der Waals surface area contributed by atoms with Crippen molar-refractivity contribution < 1.29 is 4.74 Å². The first-order chi connectivity index (χ1) is 8.97. The van der Waals surface area contributed by atoms with Crippen molar-refractivity contribution in [2.75, 3.05) is 13.2 Å². The number of benzene rings is 1. The Bertz CT molecular complexity index is 353. The van der Waals surface area contributed by atoms with E-state index in [0.717, 1.165) is 24.8 Å². The highest BCUT2D eigenvalue weighted by atomic mass is 16.5. The number of ether oxygens (including phenoxy) is 1. The topological polar surface area (TPSA) is 21.3 Å². The van der Waals surface area contributed by atoms with E-state index in [4.69, 9.17) is 4.74 Å². The Balaban J connectivity index is 2.19. The maximum Gasteiger partial charge on any atom is 0.119 e. The molecule has 0 saturated heterocycles. The molecule has 1 unspecified atom stereocenters. The second-order valence-corrected chi connectivity index (χ2v) is 6.00. The summed E-state index contributed by atoms with van der Waals surface area (Å²) < 4.78 is 5.78. The molecule has 0 fully saturated rings. The van der Waals surface area contributed by atoms with E-state index in [0.29, 0.717) is 6.04 Å². The predicted octanol–water partition coefficient (Wildman–Crippen LogP) is 4.10. The van der Waals surface area contributed by atoms with Gasteiger partial charge in [0.25, 0.3) is 0 Å². The molecule has 0 saturated carbocycles. The molecule has 0 aliphatic heterocycles. The first-order valence-corrected chi connectivity index (χ1v) is 7.42. The highest BCUT2D eigenvalue weighted by Crippen LogP contribution is 2.15. The summed E-state index contributed by atoms with van der Waals surface area (Å²) in [5.74, 6) is 1.77. The molecular formula is C17H29NO. The van der Waals surface area contributed by atoms with E-state index in [-0.39, 0.29) is 0 Å². The summed E-state index contributed by atoms with van der Waals surface area (Å²) in [4.78, 5) is 0. The van der Waals surface area contributed by atoms with E-state index in [1.807, 2.05) is 0 Å². The Hall–Kier alpha value is -1.02. The average molecular weight is 263 g/mol. The first-order valence-electron chi connectivity index (χ1n) is 7.42. The van der Waals surface area contributed by atoms with Gasteiger partial charge in [-0.1, -0.05) is 19.9 Å². The molecule has 0 aliphatic carbocycles. The number of rotatable bonds is 8. The minimum Gasteiger partial charge on any atom is -0.492 e. The lowest BCUT2D eigenvalue weighted by Crippen LogP contribution is -2.30. The summed E-state index contributed by atoms with van der Waals surface area (Å²) in [7, 11) is 0. The monoisotopic (exact) mass is 263 g/mol. The van der Waals surface area contributed by atoms with Crippen LogP contribution in [-0.4, -0.2) is 19.2 Å². The van der Waals surface area contributed by atoms with Crippen molar-refractivity contribution in [1.82, 2.24) is 5.32 Å². The quantitative estimate of drug-likeness (QED) is 0.713. The van der Waals surface area contributed by atoms with Crippen molar-refractivity contribution in [3.63, 3.8) is 0 Å². The van der Waals surface area contributed by atoms with Gasteiger partial charge in [0.05, 0.1) is 0 Å². The third-order valence-corrected chi connectivity index (χ3v) is 3.24. The van der Waals surface area contributed by atoms with Crippen LogP contribution in [0.4, 0.5) is 0 Å². The Labute approximate surface area is 118 Å². The Morgan fingerprint density at radius 1 is 1.00 bits per heavy atom. The molecule has 0 spiro atoms. The van der Waals surface area contributed by atoms with Gasteiger partial charge in [-0.2, -0.15) is 0 Å². The number of nitrogens with one attached hydrogen (secondary N) is 1. The second kappa shape index (κ2) is 8.21. The molecule has 1 atom stereocenters. The summed E-state index contributed by atoms with van der Waals surface area (Å²) in [6, 6.07) is 6.92. The van der Waals surface area contributed by atoms with Crippen LogP contribution >= 0.6 is 0 Å². The van der Waals surface area contributed by atoms with Crippen LogP contribution in [0.3, 0.4) is 0 Å². The summed E-state index contributed by atoms with van der Waals surface area (Å²) >= 11 is 0. The minimum atomic E-state index is 0.574. The maximum absolute atomic E-state index is 5.78. The van der Waals surface area contributed by atoms with Gasteiger partial charge in [0.15, 0.2) is 0 Å². The Morgan fingerprint density at radius 2 is 1.63 bits per heavy atom. The van der Waals surface area contributed by atoms with Gasteiger partial charge in [0.1, 0.15) is 12.4 Å². The van der Waals surface area contributed by atoms with E-state index < -0.39 is 0 Å². The van der Waals surface area contributed by atoms with Crippen LogP contribution in [0.2, 0.25) is 0 Å². The molecule has 0 radical (unpaired) electrons. The molecule has 0 bridgehead atoms. The predicted molar refractivity (Wildman–Crippen MR) is 82.9 cm³/mol. The molecule has 2 heteroatoms. The molecule has 1 N–H and O–H groups in total. The van der Waals surface area contributed by atoms with Crippen molar-refractivity contribution in [2.45, 2.75) is 53.5 Å². The number of hydrogen-bond acceptors (Lipinski definition) is 2. The lowest BCUT2D eigenvalue weighted by molar-refractivity contribution is 0.302. The van der Waals surface area contributed by atoms with Crippen LogP contribution in [0.25, 0.3) is 0 Å². The van der Waals surface area contributed by atoms with Crippen molar-refractivity contribution in [3.8, 4) is 5.75 Å². The Kier molecular flexibility index (Phi) is 6.93. The van der Waals surface area contributed by atoms with Gasteiger partial charge in [0, 0.05) is 12.6 Å². The summed E-state index contributed by atoms with van der Waals surface area (Å²) in [6.07, 6.45) is 2.52. The third-order valence-electron chi connectivity index (χ3n) is 3.24. The van der Waals surface area contributed by atoms with Gasteiger partial charge in [-0.05, 0) is 62.8 Å². The fourth-order valence-corrected chi connectivity index (χ4v) is 2.18. The maximum atomic E-state index is 5.78. The van der Waals surface area contributed by atoms with Gasteiger partial charge >= 0.3 is 0 Å². The normalized spacial score (nSPS) is 12.7. The molecule has 0 aliphatic rings. The number of aryl methyl sites for hydroxylation is 2. The van der Waals surface area contributed by atoms with Gasteiger partial charge in [0.2, 0.25) is 0 Å². The smallest absolute Gasteiger partial charge is 0.119 e. The lowest BCUT2D eigenvalue weighted by atomic mass is 10.0. The van der Waals surface area contributed by atoms with Gasteiger partial charge in [-0.15, -0.1) is 0 Å². The van der Waals surface area contributed by atoms with Gasteiger partial charge in [-0.25, -0.2) is 0 Å². The van der Waals surface area contributed by atoms with E-state index in [1.54, 1.807) is 0 Å². The minimum absolute atomic E-state index is 0.574. The zero-order valence-corrected chi connectivity index (χ0v) is 13.1. The summed E-state index contributed by atoms with van der Waals surface area (Å²) in [5.41, 5.74) is 2.52. The van der Waals surface area contributed by atoms with E-state index in [1.165, 1.54) is 24.0 Å². The van der Waals surface area contributed by atoms with Crippen LogP contribution in [-0.2, 0) is 0 Å². The summed E-state index contributed by atoms with van der Waals surface area (Å²) in [5, 5.41) is 3.51. The second-order valence-electron chi connectivity index (χ2n) is 6.00. The van der Waals surface area contributed by atoms with Gasteiger partial charge in [-0.3, -0.25) is 0 Å². The highest BCUT2D eigenvalue weighted by molar-refractivity contribution is 5.32. The lowest BCUT2D eigenvalue weighted by Gasteiger charge is -2.15. The zero-order valence-electron chi connectivity index (χ0n) is 13.1. The SMILES string of the molecule is Cc1cc(C)cc(OCCNC(C)CCC(C)C)c1. The first kappa shape index (κ1) is 16.0. The summed E-state index contributed by atoms with van der Waals surface area (Å²) in [6.45, 7) is 12.6. The molecule has 0 heterocycles. The van der Waals surface area contributed by atoms with Gasteiger partial charge < -0.3 is 10.1 Å². The van der Waals surface area contributed by atoms with Crippen molar-refractivity contribution in [1.29, 1.82) is 0 Å². The fourth-order valence-electron chi connectivity index (χ4n) is 2.18. The van der Waals surface area contributed by atoms with Crippen LogP contribution in [0.1, 0.15) is 44.7 Å². The molecular weight excluding hydrogens is 234 g/mol. The molecule has 2 nitrogen and oxygen atoms in total. The average Bonchev–Trinajstić information content (AvgIpc) is 2.31. The fraction of sp³-hybridized carbons (Fsp3) is 0.647. The standard InChI is InChI=1S/C17H29NO/c1-13(2)6-7-16(5)18-8-9-19-17-11-14(3)10-15(4)12-17/h10-13,16,18H,6-9H2,1-5H3. The largest absolute Gasteiger partial charge is 0.492 e. The van der Waals surface area contributed by atoms with Crippen molar-refractivity contribution >= 4 is 0 Å². The van der Waals surface area contributed by atoms with E-state index >= 15 is 0 Å². The van der Waals surface area contributed by atoms with Crippen molar-refractivity contribution in [3.05, 3.63) is 29.3 Å². The molecule has 1 aromatic rings. The highest BCUT2D eigenvalue weighted by Gasteiger charge is 2.03. The molecule has 0 aromatic heterocycles. The van der Waals surface area contributed by atoms with Crippen LogP contribution in [0, 0.1) is 19.8 Å². The molecule has 1 rings (SSSR count). The molecule has 1 aromatic carbocycles. The zero-order chi connectivity index (χ0) is 14.3. The number of hydrogen-bond donors (Lipinski definition) is 1. The molecule has 19 heavy (non-hydrogen) atoms. The Morgan fingerprint density at radius 3 is 2.21 bits per heavy atom. The van der Waals surface area contributed by atoms with Crippen LogP contribution < -0.4 is 10.1 Å². The molecule has 108 valence electrons. The third kappa shape index (κ3) is 7.22.